The van der Waals surface area contributed by atoms with Crippen LogP contribution in [0.15, 0.2) is 57.9 Å². The maximum Gasteiger partial charge on any atom is 0.264 e. The van der Waals surface area contributed by atoms with Crippen LogP contribution in [0.5, 0.6) is 0 Å². The minimum absolute atomic E-state index is 0.0818. The van der Waals surface area contributed by atoms with Crippen molar-refractivity contribution in [1.82, 2.24) is 15.4 Å². The molecule has 0 bridgehead atoms. The summed E-state index contributed by atoms with van der Waals surface area (Å²) in [6, 6.07) is 13.4. The van der Waals surface area contributed by atoms with Crippen molar-refractivity contribution in [3.05, 3.63) is 65.4 Å². The summed E-state index contributed by atoms with van der Waals surface area (Å²) in [5.74, 6) is -0.607. The number of carbonyl (C=O) groups is 2. The van der Waals surface area contributed by atoms with E-state index >= 15 is 0 Å². The number of amides is 2. The quantitative estimate of drug-likeness (QED) is 0.390. The van der Waals surface area contributed by atoms with Gasteiger partial charge in [-0.2, -0.15) is 0 Å². The van der Waals surface area contributed by atoms with E-state index in [0.717, 1.165) is 5.56 Å². The fourth-order valence-electron chi connectivity index (χ4n) is 4.21. The summed E-state index contributed by atoms with van der Waals surface area (Å²) < 4.78 is 34.2. The summed E-state index contributed by atoms with van der Waals surface area (Å²) in [5.41, 5.74) is 3.25. The highest BCUT2D eigenvalue weighted by Gasteiger charge is 2.33. The zero-order valence-corrected chi connectivity index (χ0v) is 23.7. The third-order valence-corrected chi connectivity index (χ3v) is 7.83. The molecule has 10 heteroatoms. The molecule has 1 atom stereocenters. The average molecular weight is 541 g/mol. The summed E-state index contributed by atoms with van der Waals surface area (Å²) in [5, 5.41) is 6.49. The molecule has 204 valence electrons. The molecule has 0 aliphatic heterocycles. The lowest BCUT2D eigenvalue weighted by Crippen LogP contribution is -2.52. The maximum atomic E-state index is 13.3. The number of aromatic nitrogens is 1. The Morgan fingerprint density at radius 1 is 1.00 bits per heavy atom. The maximum absolute atomic E-state index is 13.3. The van der Waals surface area contributed by atoms with Gasteiger partial charge >= 0.3 is 0 Å². The van der Waals surface area contributed by atoms with Crippen molar-refractivity contribution in [1.29, 1.82) is 0 Å². The Morgan fingerprint density at radius 3 is 2.16 bits per heavy atom. The first-order valence-corrected chi connectivity index (χ1v) is 14.0. The van der Waals surface area contributed by atoms with Gasteiger partial charge in [0.15, 0.2) is 0 Å². The molecule has 2 amide bonds. The summed E-state index contributed by atoms with van der Waals surface area (Å²) in [6.07, 6.45) is 0. The lowest BCUT2D eigenvalue weighted by molar-refractivity contribution is -0.145. The van der Waals surface area contributed by atoms with Crippen LogP contribution in [0.4, 0.5) is 5.88 Å². The Bertz CT molecular complexity index is 1390. The highest BCUT2D eigenvalue weighted by molar-refractivity contribution is 7.92. The number of anilines is 1. The molecular formula is C28H36N4O5S. The molecule has 38 heavy (non-hydrogen) atoms. The molecule has 0 radical (unpaired) electrons. The van der Waals surface area contributed by atoms with Crippen molar-refractivity contribution >= 4 is 27.7 Å². The number of likely N-dealkylation sites (N-methyl/N-ethyl adjacent to an activating group) is 1. The fraction of sp³-hybridized carbons (Fsp3) is 0.393. The predicted octanol–water partition coefficient (Wildman–Crippen LogP) is 4.51. The van der Waals surface area contributed by atoms with Gasteiger partial charge in [-0.1, -0.05) is 75.3 Å². The number of hydrogen-bond acceptors (Lipinski definition) is 6. The Balaban J connectivity index is 1.93. The van der Waals surface area contributed by atoms with Crippen molar-refractivity contribution in [3.63, 3.8) is 0 Å². The van der Waals surface area contributed by atoms with Gasteiger partial charge in [0.1, 0.15) is 6.04 Å². The third-order valence-electron chi connectivity index (χ3n) is 6.44. The van der Waals surface area contributed by atoms with Crippen LogP contribution in [0.2, 0.25) is 0 Å². The van der Waals surface area contributed by atoms with E-state index in [9.17, 15) is 18.0 Å². The smallest absolute Gasteiger partial charge is 0.264 e. The van der Waals surface area contributed by atoms with Crippen molar-refractivity contribution < 1.29 is 22.5 Å². The van der Waals surface area contributed by atoms with Crippen LogP contribution < -0.4 is 10.0 Å². The van der Waals surface area contributed by atoms with E-state index in [1.54, 1.807) is 44.0 Å². The van der Waals surface area contributed by atoms with Crippen LogP contribution in [0.25, 0.3) is 11.1 Å². The molecule has 0 spiro atoms. The molecule has 0 saturated heterocycles. The number of nitrogens with one attached hydrogen (secondary N) is 2. The van der Waals surface area contributed by atoms with Crippen LogP contribution >= 0.6 is 0 Å². The topological polar surface area (TPSA) is 122 Å². The zero-order chi connectivity index (χ0) is 28.2. The molecule has 3 rings (SSSR count). The molecule has 0 saturated carbocycles. The van der Waals surface area contributed by atoms with E-state index in [2.05, 4.69) is 15.2 Å². The van der Waals surface area contributed by atoms with Crippen molar-refractivity contribution in [3.8, 4) is 11.1 Å². The van der Waals surface area contributed by atoms with E-state index in [1.165, 1.54) is 6.07 Å². The first kappa shape index (κ1) is 28.9. The SMILES string of the molecule is CNC(=O)[C@H](C(C)C)N(Cc1ccc(-c2ccccc2S(=O)(=O)Nc2onc(C)c2C)cc1)C(=O)C(C)C. The van der Waals surface area contributed by atoms with Gasteiger partial charge in [0.25, 0.3) is 10.0 Å². The van der Waals surface area contributed by atoms with Gasteiger partial charge in [-0.15, -0.1) is 0 Å². The molecule has 0 aliphatic rings. The second-order valence-electron chi connectivity index (χ2n) is 9.94. The number of nitrogens with zero attached hydrogens (tertiary/aromatic N) is 2. The first-order valence-electron chi connectivity index (χ1n) is 12.5. The van der Waals surface area contributed by atoms with Gasteiger partial charge in [0, 0.05) is 30.6 Å². The largest absolute Gasteiger partial charge is 0.357 e. The number of hydrogen-bond donors (Lipinski definition) is 2. The molecular weight excluding hydrogens is 504 g/mol. The second kappa shape index (κ2) is 11.8. The lowest BCUT2D eigenvalue weighted by atomic mass is 9.98. The first-order chi connectivity index (χ1) is 17.9. The molecule has 0 unspecified atom stereocenters. The third kappa shape index (κ3) is 6.24. The van der Waals surface area contributed by atoms with Gasteiger partial charge in [-0.3, -0.25) is 9.59 Å². The van der Waals surface area contributed by atoms with E-state index in [0.29, 0.717) is 22.4 Å². The average Bonchev–Trinajstić information content (AvgIpc) is 3.19. The van der Waals surface area contributed by atoms with Gasteiger partial charge in [0.05, 0.1) is 10.6 Å². The van der Waals surface area contributed by atoms with Crippen molar-refractivity contribution in [2.24, 2.45) is 11.8 Å². The number of aryl methyl sites for hydroxylation is 1. The van der Waals surface area contributed by atoms with Crippen LogP contribution in [-0.2, 0) is 26.2 Å². The Morgan fingerprint density at radius 2 is 1.63 bits per heavy atom. The molecule has 1 heterocycles. The van der Waals surface area contributed by atoms with Crippen molar-refractivity contribution in [2.45, 2.75) is 59.0 Å². The monoisotopic (exact) mass is 540 g/mol. The number of rotatable bonds is 10. The summed E-state index contributed by atoms with van der Waals surface area (Å²) in [7, 11) is -2.40. The molecule has 2 aromatic carbocycles. The van der Waals surface area contributed by atoms with Crippen LogP contribution in [0.3, 0.4) is 0 Å². The van der Waals surface area contributed by atoms with E-state index in [4.69, 9.17) is 4.52 Å². The lowest BCUT2D eigenvalue weighted by Gasteiger charge is -2.34. The molecule has 0 fully saturated rings. The van der Waals surface area contributed by atoms with Crippen LogP contribution in [0, 0.1) is 25.7 Å². The Hall–Kier alpha value is -3.66. The molecule has 9 nitrogen and oxygen atoms in total. The summed E-state index contributed by atoms with van der Waals surface area (Å²) >= 11 is 0. The molecule has 3 aromatic rings. The Labute approximate surface area is 224 Å². The number of carbonyl (C=O) groups excluding carboxylic acids is 2. The number of sulfonamides is 1. The van der Waals surface area contributed by atoms with Gasteiger partial charge in [-0.05, 0) is 37.0 Å². The Kier molecular flexibility index (Phi) is 8.98. The second-order valence-corrected chi connectivity index (χ2v) is 11.6. The highest BCUT2D eigenvalue weighted by atomic mass is 32.2. The predicted molar refractivity (Wildman–Crippen MR) is 147 cm³/mol. The molecule has 2 N–H and O–H groups in total. The molecule has 0 aliphatic carbocycles. The van der Waals surface area contributed by atoms with Gasteiger partial charge in [0.2, 0.25) is 17.7 Å². The van der Waals surface area contributed by atoms with Crippen molar-refractivity contribution in [2.75, 3.05) is 11.8 Å². The van der Waals surface area contributed by atoms with Gasteiger partial charge < -0.3 is 14.7 Å². The highest BCUT2D eigenvalue weighted by Crippen LogP contribution is 2.30. The normalized spacial score (nSPS) is 12.4. The van der Waals surface area contributed by atoms with E-state index < -0.39 is 16.1 Å². The van der Waals surface area contributed by atoms with E-state index in [1.807, 2.05) is 52.0 Å². The minimum Gasteiger partial charge on any atom is -0.357 e. The summed E-state index contributed by atoms with van der Waals surface area (Å²) in [4.78, 5) is 27.5. The van der Waals surface area contributed by atoms with Gasteiger partial charge in [-0.25, -0.2) is 13.1 Å². The standard InChI is InChI=1S/C28H36N4O5S/c1-17(2)25(26(33)29-7)32(28(34)18(3)4)16-21-12-14-22(15-13-21)23-10-8-9-11-24(23)38(35,36)31-27-19(5)20(6)30-37-27/h8-15,17-18,25,31H,16H2,1-7H3,(H,29,33)/t25-/m0/s1. The summed E-state index contributed by atoms with van der Waals surface area (Å²) in [6.45, 7) is 11.2. The van der Waals surface area contributed by atoms with E-state index in [-0.39, 0.29) is 41.0 Å². The fourth-order valence-corrected chi connectivity index (χ4v) is 5.49. The minimum atomic E-state index is -3.97. The van der Waals surface area contributed by atoms with Crippen LogP contribution in [-0.4, -0.2) is 43.4 Å². The molecule has 1 aromatic heterocycles. The van der Waals surface area contributed by atoms with Crippen LogP contribution in [0.1, 0.15) is 44.5 Å². The zero-order valence-electron chi connectivity index (χ0n) is 22.9. The number of benzene rings is 2.